The molecule has 6 heteroatoms. The molecule has 0 aliphatic carbocycles. The van der Waals surface area contributed by atoms with Gasteiger partial charge < -0.3 is 20.9 Å². The minimum absolute atomic E-state index is 0.0541. The maximum absolute atomic E-state index is 11.4. The molecule has 1 atom stereocenters. The summed E-state index contributed by atoms with van der Waals surface area (Å²) in [6.07, 6.45) is -0.671. The number of nitrogens with two attached hydrogens (primary N) is 1. The number of ether oxygens (including phenoxy) is 1. The molecule has 0 bridgehead atoms. The number of para-hydroxylation sites is 1. The van der Waals surface area contributed by atoms with E-state index in [1.807, 2.05) is 31.2 Å². The van der Waals surface area contributed by atoms with E-state index in [9.17, 15) is 9.90 Å². The van der Waals surface area contributed by atoms with Crippen molar-refractivity contribution in [3.8, 4) is 5.75 Å². The largest absolute Gasteiger partial charge is 0.491 e. The van der Waals surface area contributed by atoms with Crippen molar-refractivity contribution in [2.75, 3.05) is 33.3 Å². The number of nitrogens with zero attached hydrogens (tertiary/aromatic N) is 1. The summed E-state index contributed by atoms with van der Waals surface area (Å²) < 4.78 is 5.59. The van der Waals surface area contributed by atoms with Gasteiger partial charge in [0, 0.05) is 25.2 Å². The quantitative estimate of drug-likeness (QED) is 0.595. The monoisotopic (exact) mass is 295 g/mol. The Morgan fingerprint density at radius 3 is 2.86 bits per heavy atom. The number of likely N-dealkylation sites (N-methyl/N-ethyl adjacent to an activating group) is 2. The maximum Gasteiger partial charge on any atom is 0.234 e. The molecule has 4 N–H and O–H groups in total. The summed E-state index contributed by atoms with van der Waals surface area (Å²) in [5, 5.41) is 12.7. The highest BCUT2D eigenvalue weighted by Gasteiger charge is 2.12. The summed E-state index contributed by atoms with van der Waals surface area (Å²) in [6, 6.07) is 7.48. The first kappa shape index (κ1) is 17.4. The molecule has 1 rings (SSSR count). The van der Waals surface area contributed by atoms with Gasteiger partial charge in [-0.1, -0.05) is 18.2 Å². The third-order valence-electron chi connectivity index (χ3n) is 2.93. The zero-order valence-electron chi connectivity index (χ0n) is 12.7. The number of hydrogen-bond acceptors (Lipinski definition) is 5. The van der Waals surface area contributed by atoms with Crippen LogP contribution < -0.4 is 15.8 Å². The van der Waals surface area contributed by atoms with Gasteiger partial charge in [0.2, 0.25) is 5.91 Å². The minimum Gasteiger partial charge on any atom is -0.491 e. The van der Waals surface area contributed by atoms with Crippen LogP contribution in [-0.2, 0) is 11.3 Å². The van der Waals surface area contributed by atoms with Crippen LogP contribution in [0, 0.1) is 0 Å². The van der Waals surface area contributed by atoms with Crippen LogP contribution in [0.15, 0.2) is 24.3 Å². The Kier molecular flexibility index (Phi) is 7.74. The van der Waals surface area contributed by atoms with E-state index in [2.05, 4.69) is 5.32 Å². The summed E-state index contributed by atoms with van der Waals surface area (Å²) in [6.45, 7) is 3.65. The average Bonchev–Trinajstić information content (AvgIpc) is 2.45. The molecule has 0 spiro atoms. The molecule has 0 fully saturated rings. The van der Waals surface area contributed by atoms with Gasteiger partial charge in [0.1, 0.15) is 18.5 Å². The number of benzene rings is 1. The van der Waals surface area contributed by atoms with E-state index < -0.39 is 6.10 Å². The van der Waals surface area contributed by atoms with E-state index in [4.69, 9.17) is 10.5 Å². The van der Waals surface area contributed by atoms with Crippen molar-refractivity contribution in [1.29, 1.82) is 0 Å². The van der Waals surface area contributed by atoms with Gasteiger partial charge in [-0.2, -0.15) is 0 Å². The molecule has 6 nitrogen and oxygen atoms in total. The van der Waals surface area contributed by atoms with Crippen LogP contribution in [-0.4, -0.2) is 55.3 Å². The number of nitrogens with one attached hydrogen (secondary N) is 1. The molecule has 0 aliphatic rings. The highest BCUT2D eigenvalue weighted by molar-refractivity contribution is 5.77. The van der Waals surface area contributed by atoms with E-state index >= 15 is 0 Å². The van der Waals surface area contributed by atoms with Crippen molar-refractivity contribution in [3.05, 3.63) is 29.8 Å². The molecular formula is C15H25N3O3. The lowest BCUT2D eigenvalue weighted by Crippen LogP contribution is -2.40. The molecule has 1 amide bonds. The summed E-state index contributed by atoms with van der Waals surface area (Å²) >= 11 is 0. The number of aliphatic hydroxyl groups excluding tert-OH is 1. The Balaban J connectivity index is 2.36. The van der Waals surface area contributed by atoms with E-state index in [1.54, 1.807) is 11.9 Å². The van der Waals surface area contributed by atoms with E-state index in [-0.39, 0.29) is 19.1 Å². The van der Waals surface area contributed by atoms with Crippen LogP contribution in [0.1, 0.15) is 12.5 Å². The van der Waals surface area contributed by atoms with Gasteiger partial charge in [-0.15, -0.1) is 0 Å². The zero-order chi connectivity index (χ0) is 15.7. The zero-order valence-corrected chi connectivity index (χ0v) is 12.7. The lowest BCUT2D eigenvalue weighted by Gasteiger charge is -2.20. The molecule has 0 saturated carbocycles. The van der Waals surface area contributed by atoms with Crippen molar-refractivity contribution in [2.45, 2.75) is 19.6 Å². The summed E-state index contributed by atoms with van der Waals surface area (Å²) in [5.41, 5.74) is 6.53. The molecule has 0 radical (unpaired) electrons. The van der Waals surface area contributed by atoms with Crippen LogP contribution >= 0.6 is 0 Å². The van der Waals surface area contributed by atoms with E-state index in [1.165, 1.54) is 0 Å². The fraction of sp³-hybridized carbons (Fsp3) is 0.533. The van der Waals surface area contributed by atoms with Crippen molar-refractivity contribution in [2.24, 2.45) is 5.73 Å². The molecule has 1 unspecified atom stereocenters. The second-order valence-electron chi connectivity index (χ2n) is 4.93. The smallest absolute Gasteiger partial charge is 0.234 e. The van der Waals surface area contributed by atoms with Crippen LogP contribution in [0.25, 0.3) is 0 Å². The fourth-order valence-electron chi connectivity index (χ4n) is 1.97. The second kappa shape index (κ2) is 9.33. The Hall–Kier alpha value is -1.63. The van der Waals surface area contributed by atoms with Crippen LogP contribution in [0.5, 0.6) is 5.75 Å². The number of carbonyl (C=O) groups excluding carboxylic acids is 1. The van der Waals surface area contributed by atoms with Crippen molar-refractivity contribution >= 4 is 5.91 Å². The topological polar surface area (TPSA) is 87.8 Å². The summed E-state index contributed by atoms with van der Waals surface area (Å²) in [4.78, 5) is 13.2. The Bertz CT molecular complexity index is 440. The first-order valence-electron chi connectivity index (χ1n) is 7.10. The van der Waals surface area contributed by atoms with E-state index in [0.29, 0.717) is 25.4 Å². The molecule has 21 heavy (non-hydrogen) atoms. The highest BCUT2D eigenvalue weighted by Crippen LogP contribution is 2.17. The normalized spacial score (nSPS) is 12.2. The Morgan fingerprint density at radius 2 is 2.19 bits per heavy atom. The van der Waals surface area contributed by atoms with Crippen LogP contribution in [0.4, 0.5) is 0 Å². The molecule has 1 aromatic rings. The lowest BCUT2D eigenvalue weighted by molar-refractivity contribution is -0.122. The van der Waals surface area contributed by atoms with Crippen LogP contribution in [0.2, 0.25) is 0 Å². The minimum atomic E-state index is -0.671. The molecule has 118 valence electrons. The van der Waals surface area contributed by atoms with Gasteiger partial charge >= 0.3 is 0 Å². The first-order chi connectivity index (χ1) is 10.1. The maximum atomic E-state index is 11.4. The fourth-order valence-corrected chi connectivity index (χ4v) is 1.97. The third-order valence-corrected chi connectivity index (χ3v) is 2.93. The summed E-state index contributed by atoms with van der Waals surface area (Å²) in [5.74, 6) is 0.632. The number of amides is 1. The number of hydrogen-bond donors (Lipinski definition) is 3. The van der Waals surface area contributed by atoms with Crippen LogP contribution in [0.3, 0.4) is 0 Å². The first-order valence-corrected chi connectivity index (χ1v) is 7.10. The van der Waals surface area contributed by atoms with Gasteiger partial charge in [-0.05, 0) is 20.0 Å². The standard InChI is InChI=1S/C15H25N3O3/c1-3-17-15(20)10-18(2)9-13(19)11-21-14-7-5-4-6-12(14)8-16/h4-7,13,19H,3,8-11,16H2,1-2H3,(H,17,20). The van der Waals surface area contributed by atoms with Crippen molar-refractivity contribution in [1.82, 2.24) is 10.2 Å². The SMILES string of the molecule is CCNC(=O)CN(C)CC(O)COc1ccccc1CN. The highest BCUT2D eigenvalue weighted by atomic mass is 16.5. The molecule has 0 aliphatic heterocycles. The Morgan fingerprint density at radius 1 is 1.48 bits per heavy atom. The summed E-state index contributed by atoms with van der Waals surface area (Å²) in [7, 11) is 1.78. The number of rotatable bonds is 9. The van der Waals surface area contributed by atoms with Gasteiger partial charge in [0.25, 0.3) is 0 Å². The van der Waals surface area contributed by atoms with Gasteiger partial charge in [-0.3, -0.25) is 9.69 Å². The molecule has 0 aromatic heterocycles. The van der Waals surface area contributed by atoms with Gasteiger partial charge in [-0.25, -0.2) is 0 Å². The molecule has 0 heterocycles. The van der Waals surface area contributed by atoms with Gasteiger partial charge in [0.05, 0.1) is 6.54 Å². The molecule has 1 aromatic carbocycles. The lowest BCUT2D eigenvalue weighted by atomic mass is 10.2. The second-order valence-corrected chi connectivity index (χ2v) is 4.93. The predicted molar refractivity (Wildman–Crippen MR) is 82.0 cm³/mol. The van der Waals surface area contributed by atoms with Crippen molar-refractivity contribution < 1.29 is 14.6 Å². The Labute approximate surface area is 125 Å². The number of aliphatic hydroxyl groups is 1. The van der Waals surface area contributed by atoms with Crippen molar-refractivity contribution in [3.63, 3.8) is 0 Å². The average molecular weight is 295 g/mol. The molecule has 0 saturated heterocycles. The molecular weight excluding hydrogens is 270 g/mol. The van der Waals surface area contributed by atoms with E-state index in [0.717, 1.165) is 5.56 Å². The third kappa shape index (κ3) is 6.57. The predicted octanol–water partition coefficient (Wildman–Crippen LogP) is -0.0471. The van der Waals surface area contributed by atoms with Gasteiger partial charge in [0.15, 0.2) is 0 Å². The number of carbonyl (C=O) groups is 1.